The maximum absolute atomic E-state index is 12.4. The molecule has 1 aromatic carbocycles. The fourth-order valence-electron chi connectivity index (χ4n) is 7.70. The predicted octanol–water partition coefficient (Wildman–Crippen LogP) is 7.83. The van der Waals surface area contributed by atoms with E-state index in [1.807, 2.05) is 18.2 Å². The quantitative estimate of drug-likeness (QED) is 0.214. The number of hydrogen-bond acceptors (Lipinski definition) is 9. The molecule has 6 aliphatic rings. The first-order chi connectivity index (χ1) is 24.6. The van der Waals surface area contributed by atoms with Crippen LogP contribution in [0.1, 0.15) is 72.8 Å². The number of nitrogens with one attached hydrogen (secondary N) is 2. The van der Waals surface area contributed by atoms with Crippen molar-refractivity contribution in [2.45, 2.75) is 67.2 Å². The summed E-state index contributed by atoms with van der Waals surface area (Å²) < 4.78 is 5.05. The van der Waals surface area contributed by atoms with Crippen LogP contribution in [0.25, 0.3) is 6.08 Å². The molecule has 0 spiro atoms. The van der Waals surface area contributed by atoms with Gasteiger partial charge in [0.2, 0.25) is 0 Å². The zero-order chi connectivity index (χ0) is 36.0. The third kappa shape index (κ3) is 6.22. The topological polar surface area (TPSA) is 114 Å². The van der Waals surface area contributed by atoms with E-state index in [-0.39, 0.29) is 24.2 Å². The molecule has 51 heavy (non-hydrogen) atoms. The molecule has 1 aromatic rings. The first-order valence-electron chi connectivity index (χ1n) is 17.6. The minimum atomic E-state index is -0.430. The number of hydrogen-bond donors (Lipinski definition) is 2. The van der Waals surface area contributed by atoms with E-state index in [0.717, 1.165) is 96.7 Å². The molecule has 1 aliphatic carbocycles. The average Bonchev–Trinajstić information content (AvgIpc) is 3.88. The Labute approximate surface area is 299 Å². The van der Waals surface area contributed by atoms with Crippen LogP contribution in [0.2, 0.25) is 0 Å². The molecule has 0 aromatic heterocycles. The van der Waals surface area contributed by atoms with Crippen molar-refractivity contribution >= 4 is 35.1 Å². The molecular formula is C42H43N5O4. The van der Waals surface area contributed by atoms with Gasteiger partial charge in [-0.15, -0.1) is 0 Å². The summed E-state index contributed by atoms with van der Waals surface area (Å²) in [6.45, 7) is 12.0. The SMILES string of the molecule is CCC1=C(C)C2=NC1=CC1=C(C)C3=C(NOC(C)=O)CC(=C4NC(=CC5=NC(=C2)C(/C=C\c2ccccc2)=C5C)[C@@H](C)[C@@H]4CCC(=O)OC)C3=N1. The van der Waals surface area contributed by atoms with Gasteiger partial charge in [0.1, 0.15) is 0 Å². The number of carbonyl (C=O) groups excluding carboxylic acids is 2. The van der Waals surface area contributed by atoms with E-state index in [9.17, 15) is 9.59 Å². The Morgan fingerprint density at radius 3 is 2.43 bits per heavy atom. The smallest absolute Gasteiger partial charge is 0.329 e. The second-order valence-corrected chi connectivity index (χ2v) is 13.6. The van der Waals surface area contributed by atoms with E-state index < -0.39 is 5.97 Å². The Bertz CT molecular complexity index is 2140. The Kier molecular flexibility index (Phi) is 9.06. The van der Waals surface area contributed by atoms with E-state index in [0.29, 0.717) is 12.8 Å². The summed E-state index contributed by atoms with van der Waals surface area (Å²) in [5.74, 6) is -0.646. The van der Waals surface area contributed by atoms with E-state index >= 15 is 0 Å². The summed E-state index contributed by atoms with van der Waals surface area (Å²) in [5.41, 5.74) is 19.3. The monoisotopic (exact) mass is 681 g/mol. The fraction of sp³-hybridized carbons (Fsp3) is 0.310. The number of allylic oxidation sites excluding steroid dienone is 12. The van der Waals surface area contributed by atoms with Gasteiger partial charge in [-0.3, -0.25) is 9.59 Å². The number of carbonyl (C=O) groups is 2. The van der Waals surface area contributed by atoms with Crippen LogP contribution >= 0.6 is 0 Å². The molecule has 0 saturated carbocycles. The lowest BCUT2D eigenvalue weighted by Gasteiger charge is -2.17. The Hall–Kier alpha value is -5.57. The van der Waals surface area contributed by atoms with Gasteiger partial charge < -0.3 is 14.9 Å². The largest absolute Gasteiger partial charge is 0.469 e. The summed E-state index contributed by atoms with van der Waals surface area (Å²) in [5, 5.41) is 3.79. The zero-order valence-electron chi connectivity index (χ0n) is 30.2. The van der Waals surface area contributed by atoms with Gasteiger partial charge in [-0.05, 0) is 79.7 Å². The minimum absolute atomic E-state index is 0.0154. The van der Waals surface area contributed by atoms with Gasteiger partial charge in [-0.1, -0.05) is 56.3 Å². The van der Waals surface area contributed by atoms with Crippen LogP contribution < -0.4 is 10.8 Å². The molecule has 1 fully saturated rings. The molecule has 2 N–H and O–H groups in total. The van der Waals surface area contributed by atoms with Crippen molar-refractivity contribution in [1.29, 1.82) is 0 Å². The highest BCUT2D eigenvalue weighted by Gasteiger charge is 2.41. The third-order valence-electron chi connectivity index (χ3n) is 10.6. The van der Waals surface area contributed by atoms with Crippen LogP contribution in [0.15, 0.2) is 143 Å². The van der Waals surface area contributed by atoms with Gasteiger partial charge in [0.05, 0.1) is 47.0 Å². The lowest BCUT2D eigenvalue weighted by molar-refractivity contribution is -0.146. The molecule has 7 rings (SSSR count). The first-order valence-corrected chi connectivity index (χ1v) is 17.6. The van der Waals surface area contributed by atoms with Crippen molar-refractivity contribution in [3.05, 3.63) is 133 Å². The number of hydroxylamine groups is 1. The molecule has 8 bridgehead atoms. The zero-order valence-corrected chi connectivity index (χ0v) is 30.2. The van der Waals surface area contributed by atoms with E-state index in [1.54, 1.807) is 0 Å². The summed E-state index contributed by atoms with van der Waals surface area (Å²) in [6, 6.07) is 10.3. The van der Waals surface area contributed by atoms with Crippen LogP contribution in [-0.2, 0) is 19.2 Å². The van der Waals surface area contributed by atoms with Gasteiger partial charge in [-0.25, -0.2) is 20.5 Å². The molecule has 0 amide bonds. The molecule has 1 saturated heterocycles. The van der Waals surface area contributed by atoms with E-state index in [4.69, 9.17) is 24.6 Å². The summed E-state index contributed by atoms with van der Waals surface area (Å²) >= 11 is 0. The second-order valence-electron chi connectivity index (χ2n) is 13.6. The van der Waals surface area contributed by atoms with E-state index in [1.165, 1.54) is 19.6 Å². The van der Waals surface area contributed by atoms with Crippen molar-refractivity contribution in [2.75, 3.05) is 7.11 Å². The molecule has 5 aliphatic heterocycles. The lowest BCUT2D eigenvalue weighted by atomic mass is 9.86. The van der Waals surface area contributed by atoms with Crippen molar-refractivity contribution in [3.8, 4) is 0 Å². The molecule has 9 nitrogen and oxygen atoms in total. The number of methoxy groups -OCH3 is 1. The number of benzene rings is 1. The first kappa shape index (κ1) is 33.9. The predicted molar refractivity (Wildman–Crippen MR) is 201 cm³/mol. The van der Waals surface area contributed by atoms with Crippen LogP contribution in [0.5, 0.6) is 0 Å². The van der Waals surface area contributed by atoms with Gasteiger partial charge in [-0.2, -0.15) is 0 Å². The Morgan fingerprint density at radius 2 is 1.71 bits per heavy atom. The summed E-state index contributed by atoms with van der Waals surface area (Å²) in [6.07, 6.45) is 12.8. The Balaban J connectivity index is 1.44. The summed E-state index contributed by atoms with van der Waals surface area (Å²) in [7, 11) is 1.42. The van der Waals surface area contributed by atoms with Crippen LogP contribution in [0, 0.1) is 11.8 Å². The van der Waals surface area contributed by atoms with Gasteiger partial charge >= 0.3 is 11.9 Å². The van der Waals surface area contributed by atoms with Crippen molar-refractivity contribution < 1.29 is 19.2 Å². The highest BCUT2D eigenvalue weighted by Crippen LogP contribution is 2.46. The lowest BCUT2D eigenvalue weighted by Crippen LogP contribution is -2.18. The molecule has 0 radical (unpaired) electrons. The normalized spacial score (nSPS) is 22.3. The van der Waals surface area contributed by atoms with Crippen LogP contribution in [0.4, 0.5) is 0 Å². The van der Waals surface area contributed by atoms with Gasteiger partial charge in [0.25, 0.3) is 0 Å². The van der Waals surface area contributed by atoms with Crippen molar-refractivity contribution in [3.63, 3.8) is 0 Å². The maximum atomic E-state index is 12.4. The summed E-state index contributed by atoms with van der Waals surface area (Å²) in [4.78, 5) is 45.3. The number of fused-ring (bicyclic) bond motifs is 5. The van der Waals surface area contributed by atoms with E-state index in [2.05, 4.69) is 87.9 Å². The number of esters is 1. The van der Waals surface area contributed by atoms with Crippen molar-refractivity contribution in [2.24, 2.45) is 26.8 Å². The van der Waals surface area contributed by atoms with Crippen LogP contribution in [-0.4, -0.2) is 36.2 Å². The molecular weight excluding hydrogens is 638 g/mol. The third-order valence-corrected chi connectivity index (χ3v) is 10.6. The average molecular weight is 682 g/mol. The Morgan fingerprint density at radius 1 is 0.961 bits per heavy atom. The number of ether oxygens (including phenoxy) is 1. The van der Waals surface area contributed by atoms with Crippen molar-refractivity contribution in [1.82, 2.24) is 10.8 Å². The van der Waals surface area contributed by atoms with Crippen LogP contribution in [0.3, 0.4) is 0 Å². The molecule has 0 unspecified atom stereocenters. The number of aliphatic imine (C=N–C) groups is 3. The standard InChI is InChI=1S/C42H43N5O4/c1-8-28-22(2)33-20-37-29(15-14-27-12-10-9-11-13-27)23(3)32(44-37)19-34-24(4)30(16-17-39(49)50-7)41(45-34)31-18-38(47-51-26(6)48)40-25(5)35(46-42(31)40)21-36(28)43-33/h9-15,19-21,24,30,45,47H,8,16-18H2,1-7H3/b15-14-,34-19?,36-21?,37-20?,41-31?/t24-,30-/m0/s1. The highest BCUT2D eigenvalue weighted by atomic mass is 16.7. The van der Waals surface area contributed by atoms with Gasteiger partial charge in [0, 0.05) is 59.7 Å². The number of nitrogens with zero attached hydrogens (tertiary/aromatic N) is 3. The molecule has 2 atom stereocenters. The maximum Gasteiger partial charge on any atom is 0.329 e. The van der Waals surface area contributed by atoms with Gasteiger partial charge in [0.15, 0.2) is 0 Å². The molecule has 260 valence electrons. The highest BCUT2D eigenvalue weighted by molar-refractivity contribution is 6.21. The fourth-order valence-corrected chi connectivity index (χ4v) is 7.70. The molecule has 5 heterocycles. The molecule has 9 heteroatoms. The number of rotatable bonds is 8. The minimum Gasteiger partial charge on any atom is -0.469 e. The second kappa shape index (κ2) is 13.6.